The fourth-order valence-electron chi connectivity index (χ4n) is 1.07. The Hall–Kier alpha value is -0.780. The molecule has 1 rings (SSSR count). The van der Waals surface area contributed by atoms with Crippen molar-refractivity contribution in [3.05, 3.63) is 23.2 Å². The van der Waals surface area contributed by atoms with Gasteiger partial charge in [0.15, 0.2) is 0 Å². The van der Waals surface area contributed by atoms with Gasteiger partial charge in [-0.25, -0.2) is 5.43 Å². The van der Waals surface area contributed by atoms with E-state index in [4.69, 9.17) is 5.84 Å². The Bertz CT molecular complexity index is 281. The minimum atomic E-state index is -0.0441. The predicted octanol–water partition coefficient (Wildman–Crippen LogP) is 1.35. The van der Waals surface area contributed by atoms with E-state index in [1.165, 1.54) is 11.5 Å². The number of hydrogen-bond donors (Lipinski definition) is 2. The van der Waals surface area contributed by atoms with Gasteiger partial charge in [-0.05, 0) is 17.5 Å². The summed E-state index contributed by atoms with van der Waals surface area (Å²) in [6.07, 6.45) is 1.75. The Morgan fingerprint density at radius 2 is 2.31 bits per heavy atom. The van der Waals surface area contributed by atoms with Crippen LogP contribution in [0.2, 0.25) is 0 Å². The van der Waals surface area contributed by atoms with E-state index in [1.54, 1.807) is 6.08 Å². The van der Waals surface area contributed by atoms with Gasteiger partial charge in [0.05, 0.1) is 16.6 Å². The molecule has 0 spiro atoms. The second-order valence-corrected chi connectivity index (χ2v) is 3.84. The van der Waals surface area contributed by atoms with Crippen LogP contribution in [-0.2, 0) is 0 Å². The third-order valence-electron chi connectivity index (χ3n) is 1.78. The second kappa shape index (κ2) is 4.45. The van der Waals surface area contributed by atoms with E-state index < -0.39 is 0 Å². The summed E-state index contributed by atoms with van der Waals surface area (Å²) in [5.74, 6) is 5.74. The minimum Gasteiger partial charge on any atom is -0.271 e. The highest BCUT2D eigenvalue weighted by Gasteiger charge is 2.17. The van der Waals surface area contributed by atoms with Crippen LogP contribution in [0.15, 0.2) is 12.7 Å². The topological polar surface area (TPSA) is 63.8 Å². The zero-order valence-electron chi connectivity index (χ0n) is 7.82. The Kier molecular flexibility index (Phi) is 3.53. The van der Waals surface area contributed by atoms with Gasteiger partial charge in [0.1, 0.15) is 0 Å². The summed E-state index contributed by atoms with van der Waals surface area (Å²) in [7, 11) is 0. The molecule has 1 heterocycles. The number of nitrogens with zero attached hydrogens (tertiary/aromatic N) is 2. The summed E-state index contributed by atoms with van der Waals surface area (Å²) in [6.45, 7) is 7.86. The van der Waals surface area contributed by atoms with Gasteiger partial charge in [-0.15, -0.1) is 11.7 Å². The number of hydrazine groups is 1. The fraction of sp³-hybridized carbons (Fsp3) is 0.500. The molecule has 0 radical (unpaired) electrons. The van der Waals surface area contributed by atoms with Crippen LogP contribution in [-0.4, -0.2) is 9.59 Å². The Morgan fingerprint density at radius 3 is 2.77 bits per heavy atom. The summed E-state index contributed by atoms with van der Waals surface area (Å²) in [5.41, 5.74) is 3.66. The van der Waals surface area contributed by atoms with Crippen molar-refractivity contribution in [1.29, 1.82) is 0 Å². The summed E-state index contributed by atoms with van der Waals surface area (Å²) in [5, 5.41) is 4.06. The van der Waals surface area contributed by atoms with Crippen LogP contribution >= 0.6 is 11.5 Å². The molecule has 1 unspecified atom stereocenters. The molecule has 1 aromatic rings. The fourth-order valence-corrected chi connectivity index (χ4v) is 1.94. The standard InChI is InChI=1S/C8H14N4S/c1-4-6(10-9)8-7(5(2)3)11-12-13-8/h4-6,10H,1,9H2,2-3H3. The van der Waals surface area contributed by atoms with Crippen molar-refractivity contribution in [3.8, 4) is 0 Å². The molecular formula is C8H14N4S. The van der Waals surface area contributed by atoms with Crippen molar-refractivity contribution in [1.82, 2.24) is 15.0 Å². The first kappa shape index (κ1) is 10.3. The van der Waals surface area contributed by atoms with Crippen molar-refractivity contribution in [2.45, 2.75) is 25.8 Å². The van der Waals surface area contributed by atoms with E-state index in [2.05, 4.69) is 35.4 Å². The molecule has 4 nitrogen and oxygen atoms in total. The molecule has 0 bridgehead atoms. The lowest BCUT2D eigenvalue weighted by atomic mass is 10.1. The molecule has 0 saturated carbocycles. The zero-order chi connectivity index (χ0) is 9.84. The van der Waals surface area contributed by atoms with Gasteiger partial charge in [-0.2, -0.15) is 0 Å². The molecule has 0 aliphatic carbocycles. The molecule has 0 aliphatic heterocycles. The van der Waals surface area contributed by atoms with Crippen molar-refractivity contribution in [3.63, 3.8) is 0 Å². The van der Waals surface area contributed by atoms with Crippen molar-refractivity contribution < 1.29 is 0 Å². The normalized spacial score (nSPS) is 13.2. The quantitative estimate of drug-likeness (QED) is 0.435. The Balaban J connectivity index is 2.98. The van der Waals surface area contributed by atoms with Crippen LogP contribution in [0.1, 0.15) is 36.4 Å². The maximum absolute atomic E-state index is 5.37. The van der Waals surface area contributed by atoms with E-state index in [9.17, 15) is 0 Å². The lowest BCUT2D eigenvalue weighted by Crippen LogP contribution is -2.26. The van der Waals surface area contributed by atoms with Crippen LogP contribution in [0.3, 0.4) is 0 Å². The molecular weight excluding hydrogens is 184 g/mol. The molecule has 0 aromatic carbocycles. The van der Waals surface area contributed by atoms with Gasteiger partial charge >= 0.3 is 0 Å². The highest BCUT2D eigenvalue weighted by molar-refractivity contribution is 7.05. The molecule has 0 amide bonds. The SMILES string of the molecule is C=CC(NN)c1snnc1C(C)C. The maximum atomic E-state index is 5.37. The Morgan fingerprint density at radius 1 is 1.62 bits per heavy atom. The molecule has 13 heavy (non-hydrogen) atoms. The molecule has 3 N–H and O–H groups in total. The van der Waals surface area contributed by atoms with Crippen molar-refractivity contribution in [2.24, 2.45) is 5.84 Å². The highest BCUT2D eigenvalue weighted by atomic mass is 32.1. The van der Waals surface area contributed by atoms with Crippen molar-refractivity contribution in [2.75, 3.05) is 0 Å². The number of rotatable bonds is 4. The molecule has 1 aromatic heterocycles. The first-order valence-corrected chi connectivity index (χ1v) is 4.88. The summed E-state index contributed by atoms with van der Waals surface area (Å²) < 4.78 is 3.91. The van der Waals surface area contributed by atoms with Crippen LogP contribution in [0.25, 0.3) is 0 Å². The molecule has 5 heteroatoms. The average molecular weight is 198 g/mol. The maximum Gasteiger partial charge on any atom is 0.0832 e. The minimum absolute atomic E-state index is 0.0441. The van der Waals surface area contributed by atoms with E-state index >= 15 is 0 Å². The van der Waals surface area contributed by atoms with Crippen molar-refractivity contribution >= 4 is 11.5 Å². The highest BCUT2D eigenvalue weighted by Crippen LogP contribution is 2.25. The largest absolute Gasteiger partial charge is 0.271 e. The van der Waals surface area contributed by atoms with E-state index in [0.29, 0.717) is 5.92 Å². The van der Waals surface area contributed by atoms with Crippen LogP contribution in [0, 0.1) is 0 Å². The summed E-state index contributed by atoms with van der Waals surface area (Å²) >= 11 is 1.36. The number of nitrogens with one attached hydrogen (secondary N) is 1. The van der Waals surface area contributed by atoms with Gasteiger partial charge in [0, 0.05) is 0 Å². The summed E-state index contributed by atoms with van der Waals surface area (Å²) in [6, 6.07) is -0.0441. The molecule has 72 valence electrons. The predicted molar refractivity (Wildman–Crippen MR) is 54.3 cm³/mol. The first-order valence-electron chi connectivity index (χ1n) is 4.11. The molecule has 0 fully saturated rings. The zero-order valence-corrected chi connectivity index (χ0v) is 8.64. The van der Waals surface area contributed by atoms with Gasteiger partial charge in [-0.1, -0.05) is 24.4 Å². The monoisotopic (exact) mass is 198 g/mol. The van der Waals surface area contributed by atoms with Gasteiger partial charge in [-0.3, -0.25) is 5.84 Å². The first-order chi connectivity index (χ1) is 6.20. The third-order valence-corrected chi connectivity index (χ3v) is 2.61. The smallest absolute Gasteiger partial charge is 0.0832 e. The van der Waals surface area contributed by atoms with E-state index in [1.807, 2.05) is 0 Å². The second-order valence-electron chi connectivity index (χ2n) is 3.06. The number of hydrogen-bond acceptors (Lipinski definition) is 5. The van der Waals surface area contributed by atoms with Crippen LogP contribution < -0.4 is 11.3 Å². The number of nitrogens with two attached hydrogens (primary N) is 1. The lowest BCUT2D eigenvalue weighted by molar-refractivity contribution is 0.649. The Labute approximate surface area is 82.0 Å². The molecule has 0 aliphatic rings. The molecule has 1 atom stereocenters. The lowest BCUT2D eigenvalue weighted by Gasteiger charge is -2.10. The van der Waals surface area contributed by atoms with Crippen LogP contribution in [0.4, 0.5) is 0 Å². The third kappa shape index (κ3) is 2.12. The van der Waals surface area contributed by atoms with E-state index in [0.717, 1.165) is 10.6 Å². The van der Waals surface area contributed by atoms with Crippen LogP contribution in [0.5, 0.6) is 0 Å². The van der Waals surface area contributed by atoms with Gasteiger partial charge in [0.2, 0.25) is 0 Å². The van der Waals surface area contributed by atoms with Gasteiger partial charge in [0.25, 0.3) is 0 Å². The number of aromatic nitrogens is 2. The summed E-state index contributed by atoms with van der Waals surface area (Å²) in [4.78, 5) is 1.05. The van der Waals surface area contributed by atoms with Gasteiger partial charge < -0.3 is 0 Å². The van der Waals surface area contributed by atoms with E-state index in [-0.39, 0.29) is 6.04 Å². The molecule has 0 saturated heterocycles. The average Bonchev–Trinajstić information content (AvgIpc) is 2.55.